The maximum atomic E-state index is 13.5. The van der Waals surface area contributed by atoms with Gasteiger partial charge in [0, 0.05) is 30.4 Å². The summed E-state index contributed by atoms with van der Waals surface area (Å²) in [6, 6.07) is 19.5. The Hall–Kier alpha value is -5.19. The van der Waals surface area contributed by atoms with Crippen LogP contribution in [0.4, 0.5) is 0 Å². The number of benzene rings is 3. The summed E-state index contributed by atoms with van der Waals surface area (Å²) in [5, 5.41) is 6.92. The molecule has 222 valence electrons. The number of carbonyl (C=O) groups excluding carboxylic acids is 3. The molecule has 3 amide bonds. The van der Waals surface area contributed by atoms with Gasteiger partial charge in [-0.25, -0.2) is 0 Å². The topological polar surface area (TPSA) is 120 Å². The number of nitrogens with zero attached hydrogens (tertiary/aromatic N) is 2. The molecule has 2 N–H and O–H groups in total. The molecule has 7 rings (SSSR count). The van der Waals surface area contributed by atoms with Crippen molar-refractivity contribution in [2.75, 3.05) is 33.9 Å². The van der Waals surface area contributed by atoms with Gasteiger partial charge in [0.25, 0.3) is 11.8 Å². The van der Waals surface area contributed by atoms with E-state index >= 15 is 0 Å². The Morgan fingerprint density at radius 1 is 0.953 bits per heavy atom. The molecule has 0 saturated carbocycles. The van der Waals surface area contributed by atoms with Crippen LogP contribution in [0.15, 0.2) is 72.9 Å². The van der Waals surface area contributed by atoms with Gasteiger partial charge < -0.3 is 39.0 Å². The van der Waals surface area contributed by atoms with Crippen LogP contribution >= 0.6 is 0 Å². The number of hydrogen-bond acceptors (Lipinski definition) is 7. The van der Waals surface area contributed by atoms with E-state index in [-0.39, 0.29) is 56.3 Å². The number of rotatable bonds is 4. The fourth-order valence-electron chi connectivity index (χ4n) is 5.42. The summed E-state index contributed by atoms with van der Waals surface area (Å²) < 4.78 is 25.0. The third-order valence-corrected chi connectivity index (χ3v) is 7.70. The lowest BCUT2D eigenvalue weighted by molar-refractivity contribution is -0.131. The molecule has 43 heavy (non-hydrogen) atoms. The molecule has 3 aliphatic heterocycles. The van der Waals surface area contributed by atoms with E-state index in [1.165, 1.54) is 20.3 Å². The number of ether oxygens (including phenoxy) is 4. The maximum absolute atomic E-state index is 13.5. The van der Waals surface area contributed by atoms with E-state index in [0.717, 1.165) is 16.5 Å². The van der Waals surface area contributed by atoms with E-state index in [1.807, 2.05) is 47.2 Å². The lowest BCUT2D eigenvalue weighted by Gasteiger charge is -2.22. The molecule has 0 spiro atoms. The summed E-state index contributed by atoms with van der Waals surface area (Å²) in [5.74, 6) is 0.769. The van der Waals surface area contributed by atoms with Gasteiger partial charge in [-0.05, 0) is 53.4 Å². The molecule has 1 aromatic heterocycles. The number of methoxy groups -OCH3 is 2. The van der Waals surface area contributed by atoms with Gasteiger partial charge in [-0.3, -0.25) is 14.4 Å². The van der Waals surface area contributed by atoms with Crippen LogP contribution in [0.5, 0.6) is 23.0 Å². The van der Waals surface area contributed by atoms with Crippen LogP contribution < -0.4 is 29.6 Å². The fraction of sp³-hybridized carbons (Fsp3) is 0.281. The monoisotopic (exact) mass is 584 g/mol. The summed E-state index contributed by atoms with van der Waals surface area (Å²) in [6.07, 6.45) is 1.34. The molecule has 4 heterocycles. The Morgan fingerprint density at radius 3 is 2.63 bits per heavy atom. The molecule has 1 fully saturated rings. The van der Waals surface area contributed by atoms with E-state index < -0.39 is 12.1 Å². The molecule has 0 radical (unpaired) electrons. The van der Waals surface area contributed by atoms with Crippen LogP contribution in [-0.4, -0.2) is 73.3 Å². The Labute approximate surface area is 248 Å². The number of amides is 3. The molecule has 11 heteroatoms. The summed E-state index contributed by atoms with van der Waals surface area (Å²) in [4.78, 5) is 41.2. The van der Waals surface area contributed by atoms with Gasteiger partial charge in [0.05, 0.1) is 26.8 Å². The predicted octanol–water partition coefficient (Wildman–Crippen LogP) is 2.76. The second kappa shape index (κ2) is 12.0. The summed E-state index contributed by atoms with van der Waals surface area (Å²) in [5.41, 5.74) is 2.08. The van der Waals surface area contributed by atoms with Gasteiger partial charge >= 0.3 is 0 Å². The molecule has 0 aliphatic carbocycles. The van der Waals surface area contributed by atoms with Gasteiger partial charge in [-0.2, -0.15) is 0 Å². The lowest BCUT2D eigenvalue weighted by Crippen LogP contribution is -2.45. The average molecular weight is 585 g/mol. The van der Waals surface area contributed by atoms with Gasteiger partial charge in [-0.1, -0.05) is 24.3 Å². The Balaban J connectivity index is 1.30. The zero-order valence-electron chi connectivity index (χ0n) is 23.9. The van der Waals surface area contributed by atoms with Crippen molar-refractivity contribution in [3.05, 3.63) is 84.1 Å². The molecule has 3 aromatic carbocycles. The summed E-state index contributed by atoms with van der Waals surface area (Å²) in [7, 11) is 3.02. The van der Waals surface area contributed by atoms with E-state index in [4.69, 9.17) is 18.9 Å². The van der Waals surface area contributed by atoms with Gasteiger partial charge in [0.15, 0.2) is 29.6 Å². The first kappa shape index (κ1) is 28.0. The third-order valence-electron chi connectivity index (χ3n) is 7.70. The zero-order chi connectivity index (χ0) is 29.9. The Morgan fingerprint density at radius 2 is 1.79 bits per heavy atom. The second-order valence-electron chi connectivity index (χ2n) is 10.5. The van der Waals surface area contributed by atoms with E-state index in [9.17, 15) is 14.4 Å². The van der Waals surface area contributed by atoms with Crippen molar-refractivity contribution in [3.8, 4) is 23.0 Å². The van der Waals surface area contributed by atoms with Crippen LogP contribution in [0.2, 0.25) is 0 Å². The number of nitrogens with one attached hydrogen (secondary N) is 2. The largest absolute Gasteiger partial charge is 0.493 e. The smallest absolute Gasteiger partial charge is 0.258 e. The van der Waals surface area contributed by atoms with Crippen LogP contribution in [0.25, 0.3) is 10.9 Å². The summed E-state index contributed by atoms with van der Waals surface area (Å²) in [6.45, 7) is 0.661. The Bertz CT molecular complexity index is 1680. The van der Waals surface area contributed by atoms with Crippen molar-refractivity contribution < 1.29 is 33.3 Å². The molecule has 2 atom stereocenters. The van der Waals surface area contributed by atoms with Crippen molar-refractivity contribution in [1.29, 1.82) is 0 Å². The average Bonchev–Trinajstić information content (AvgIpc) is 3.62. The van der Waals surface area contributed by atoms with Crippen molar-refractivity contribution in [1.82, 2.24) is 20.1 Å². The highest BCUT2D eigenvalue weighted by atomic mass is 16.5. The lowest BCUT2D eigenvalue weighted by atomic mass is 10.1. The highest BCUT2D eigenvalue weighted by molar-refractivity contribution is 5.95. The first-order valence-electron chi connectivity index (χ1n) is 14.0. The van der Waals surface area contributed by atoms with E-state index in [2.05, 4.69) is 10.6 Å². The van der Waals surface area contributed by atoms with Crippen LogP contribution in [-0.2, 0) is 22.7 Å². The first-order chi connectivity index (χ1) is 20.9. The van der Waals surface area contributed by atoms with Crippen molar-refractivity contribution in [2.24, 2.45) is 0 Å². The van der Waals surface area contributed by atoms with Crippen LogP contribution in [0, 0.1) is 0 Å². The highest BCUT2D eigenvalue weighted by Crippen LogP contribution is 2.32. The quantitative estimate of drug-likeness (QED) is 0.379. The second-order valence-corrected chi connectivity index (χ2v) is 10.5. The molecular weight excluding hydrogens is 552 g/mol. The van der Waals surface area contributed by atoms with Crippen molar-refractivity contribution >= 4 is 28.6 Å². The molecule has 4 aromatic rings. The van der Waals surface area contributed by atoms with Crippen molar-refractivity contribution in [3.63, 3.8) is 0 Å². The van der Waals surface area contributed by atoms with Crippen LogP contribution in [0.3, 0.4) is 0 Å². The standard InChI is InChI=1S/C32H32N4O7/c1-40-25-10-8-22-14-28(25)42-19-30(37)33-15-20-7-9-26(27(13-20)41-2)43-29-17-36(16-23(29)34-32(22)39)31(38)18-35-12-11-21-5-3-4-6-24(21)35/h3-14,23,29H,15-19H2,1-2H3,(H,33,37)(H,34,39)/t23-,29-/m0/s1. The molecule has 3 aliphatic rings. The molecular formula is C32H32N4O7. The number of carbonyl (C=O) groups is 3. The van der Waals surface area contributed by atoms with Crippen molar-refractivity contribution in [2.45, 2.75) is 25.2 Å². The number of fused-ring (bicyclic) bond motifs is 8. The first-order valence-corrected chi connectivity index (χ1v) is 14.0. The van der Waals surface area contributed by atoms with E-state index in [1.54, 1.807) is 29.2 Å². The molecule has 4 bridgehead atoms. The minimum Gasteiger partial charge on any atom is -0.493 e. The number of likely N-dealkylation sites (tertiary alicyclic amines) is 1. The third kappa shape index (κ3) is 5.92. The maximum Gasteiger partial charge on any atom is 0.258 e. The minimum absolute atomic E-state index is 0.0907. The zero-order valence-corrected chi connectivity index (χ0v) is 23.9. The normalized spacial score (nSPS) is 18.6. The molecule has 11 nitrogen and oxygen atoms in total. The van der Waals surface area contributed by atoms with Gasteiger partial charge in [0.1, 0.15) is 12.6 Å². The SMILES string of the molecule is COc1ccc2cc1OCC(=O)NCc1ccc(c(OC)c1)O[C@H]1CN(C(=O)Cn3ccc4ccccc43)C[C@@H]1NC2=O. The van der Waals surface area contributed by atoms with Crippen LogP contribution in [0.1, 0.15) is 15.9 Å². The van der Waals surface area contributed by atoms with E-state index in [0.29, 0.717) is 22.8 Å². The number of hydrogen-bond donors (Lipinski definition) is 2. The van der Waals surface area contributed by atoms with Gasteiger partial charge in [-0.15, -0.1) is 0 Å². The fourth-order valence-corrected chi connectivity index (χ4v) is 5.42. The predicted molar refractivity (Wildman–Crippen MR) is 158 cm³/mol. The minimum atomic E-state index is -0.557. The number of aromatic nitrogens is 1. The Kier molecular flexibility index (Phi) is 7.78. The molecule has 1 saturated heterocycles. The number of para-hydroxylation sites is 1. The molecule has 0 unspecified atom stereocenters. The van der Waals surface area contributed by atoms with Gasteiger partial charge in [0.2, 0.25) is 5.91 Å². The highest BCUT2D eigenvalue weighted by Gasteiger charge is 2.38. The summed E-state index contributed by atoms with van der Waals surface area (Å²) >= 11 is 0.